The third-order valence-electron chi connectivity index (χ3n) is 6.14. The zero-order chi connectivity index (χ0) is 24.7. The van der Waals surface area contributed by atoms with Crippen molar-refractivity contribution in [1.29, 1.82) is 0 Å². The van der Waals surface area contributed by atoms with E-state index in [0.29, 0.717) is 23.5 Å². The van der Waals surface area contributed by atoms with E-state index >= 15 is 0 Å². The second-order valence-electron chi connectivity index (χ2n) is 8.51. The van der Waals surface area contributed by atoms with Gasteiger partial charge in [-0.1, -0.05) is 12.1 Å². The molecule has 3 rings (SSSR count). The number of halogens is 1. The molecule has 0 bridgehead atoms. The Morgan fingerprint density at radius 2 is 1.94 bits per heavy atom. The third kappa shape index (κ3) is 7.18. The Labute approximate surface area is 205 Å². The number of aryl methyl sites for hydroxylation is 1. The summed E-state index contributed by atoms with van der Waals surface area (Å²) in [5.74, 6) is -0.612. The molecule has 10 heteroatoms. The van der Waals surface area contributed by atoms with E-state index in [2.05, 4.69) is 14.9 Å². The molecule has 186 valence electrons. The molecule has 2 aromatic carbocycles. The molecule has 0 unspecified atom stereocenters. The minimum atomic E-state index is -3.52. The first kappa shape index (κ1) is 26.5. The first-order valence-corrected chi connectivity index (χ1v) is 13.8. The molecule has 2 aromatic rings. The molecular weight excluding hydrogens is 477 g/mol. The van der Waals surface area contributed by atoms with Crippen LogP contribution in [0.5, 0.6) is 0 Å². The number of nitrogens with one attached hydrogen (secondary N) is 2. The molecule has 34 heavy (non-hydrogen) atoms. The second kappa shape index (κ2) is 12.0. The van der Waals surface area contributed by atoms with Crippen LogP contribution in [0.2, 0.25) is 0 Å². The van der Waals surface area contributed by atoms with Crippen LogP contribution in [0.1, 0.15) is 24.8 Å². The van der Waals surface area contributed by atoms with E-state index in [0.717, 1.165) is 37.3 Å². The number of hydrogen-bond donors (Lipinski definition) is 3. The van der Waals surface area contributed by atoms with Crippen molar-refractivity contribution >= 4 is 33.4 Å². The summed E-state index contributed by atoms with van der Waals surface area (Å²) in [6.45, 7) is 4.15. The van der Waals surface area contributed by atoms with Crippen LogP contribution in [-0.4, -0.2) is 62.9 Å². The molecule has 0 aromatic heterocycles. The molecule has 0 spiro atoms. The van der Waals surface area contributed by atoms with E-state index < -0.39 is 16.0 Å². The Morgan fingerprint density at radius 3 is 2.56 bits per heavy atom. The number of nitrogens with zero attached hydrogens (tertiary/aromatic N) is 1. The Balaban J connectivity index is 1.68. The van der Waals surface area contributed by atoms with Gasteiger partial charge in [-0.2, -0.15) is 0 Å². The molecule has 1 saturated heterocycles. The second-order valence-corrected chi connectivity index (χ2v) is 11.5. The zero-order valence-corrected chi connectivity index (χ0v) is 21.1. The Bertz CT molecular complexity index is 1090. The van der Waals surface area contributed by atoms with Gasteiger partial charge in [0, 0.05) is 28.9 Å². The van der Waals surface area contributed by atoms with Crippen molar-refractivity contribution in [3.05, 3.63) is 53.8 Å². The van der Waals surface area contributed by atoms with Crippen LogP contribution >= 0.6 is 11.8 Å². The van der Waals surface area contributed by atoms with Crippen LogP contribution in [0.4, 0.5) is 10.1 Å². The van der Waals surface area contributed by atoms with E-state index in [-0.39, 0.29) is 22.7 Å². The number of rotatable bonds is 11. The lowest BCUT2D eigenvalue weighted by Crippen LogP contribution is -2.39. The quantitative estimate of drug-likeness (QED) is 0.396. The monoisotopic (exact) mass is 509 g/mol. The van der Waals surface area contributed by atoms with Crippen LogP contribution in [0.3, 0.4) is 0 Å². The SMILES string of the molecule is CNS(=O)(=O)c1ccc(N[C@H](CCN2CCC(C(=O)O)CC2)CSc2ccccc2F)c(C)c1. The van der Waals surface area contributed by atoms with Crippen molar-refractivity contribution in [2.45, 2.75) is 42.0 Å². The van der Waals surface area contributed by atoms with Gasteiger partial charge in [0.2, 0.25) is 10.0 Å². The van der Waals surface area contributed by atoms with Gasteiger partial charge in [0.05, 0.1) is 10.8 Å². The van der Waals surface area contributed by atoms with E-state index in [1.165, 1.54) is 24.9 Å². The fraction of sp³-hybridized carbons (Fsp3) is 0.458. The number of carbonyl (C=O) groups is 1. The van der Waals surface area contributed by atoms with Crippen molar-refractivity contribution in [3.63, 3.8) is 0 Å². The molecule has 0 amide bonds. The van der Waals surface area contributed by atoms with Crippen molar-refractivity contribution in [2.24, 2.45) is 5.92 Å². The lowest BCUT2D eigenvalue weighted by atomic mass is 9.97. The van der Waals surface area contributed by atoms with Crippen LogP contribution in [0.15, 0.2) is 52.3 Å². The van der Waals surface area contributed by atoms with Gasteiger partial charge in [0.1, 0.15) is 5.82 Å². The predicted octanol–water partition coefficient (Wildman–Crippen LogP) is 3.80. The zero-order valence-electron chi connectivity index (χ0n) is 19.5. The predicted molar refractivity (Wildman–Crippen MR) is 133 cm³/mol. The molecule has 1 aliphatic heterocycles. The van der Waals surface area contributed by atoms with Gasteiger partial charge < -0.3 is 15.3 Å². The summed E-state index contributed by atoms with van der Waals surface area (Å²) in [5.41, 5.74) is 1.64. The minimum absolute atomic E-state index is 0.00672. The van der Waals surface area contributed by atoms with Crippen LogP contribution in [-0.2, 0) is 14.8 Å². The van der Waals surface area contributed by atoms with Gasteiger partial charge in [-0.25, -0.2) is 17.5 Å². The van der Waals surface area contributed by atoms with Crippen LogP contribution in [0, 0.1) is 18.7 Å². The maximum atomic E-state index is 14.1. The summed E-state index contributed by atoms with van der Waals surface area (Å²) in [6.07, 6.45) is 2.09. The lowest BCUT2D eigenvalue weighted by molar-refractivity contribution is -0.143. The topological polar surface area (TPSA) is 98.7 Å². The normalized spacial score (nSPS) is 16.3. The highest BCUT2D eigenvalue weighted by molar-refractivity contribution is 7.99. The van der Waals surface area contributed by atoms with Crippen molar-refractivity contribution in [1.82, 2.24) is 9.62 Å². The summed E-state index contributed by atoms with van der Waals surface area (Å²) in [7, 11) is -2.14. The van der Waals surface area contributed by atoms with Crippen LogP contribution in [0.25, 0.3) is 0 Å². The molecule has 1 fully saturated rings. The number of aliphatic carboxylic acids is 1. The van der Waals surface area contributed by atoms with Crippen LogP contribution < -0.4 is 10.0 Å². The van der Waals surface area contributed by atoms with Crippen molar-refractivity contribution < 1.29 is 22.7 Å². The average molecular weight is 510 g/mol. The molecule has 1 aliphatic rings. The summed E-state index contributed by atoms with van der Waals surface area (Å²) >= 11 is 1.44. The highest BCUT2D eigenvalue weighted by Crippen LogP contribution is 2.26. The summed E-state index contributed by atoms with van der Waals surface area (Å²) < 4.78 is 40.7. The largest absolute Gasteiger partial charge is 0.481 e. The number of carboxylic acid groups (broad SMARTS) is 1. The number of carboxylic acids is 1. The molecule has 1 heterocycles. The van der Waals surface area contributed by atoms with Crippen molar-refractivity contribution in [2.75, 3.05) is 37.8 Å². The lowest BCUT2D eigenvalue weighted by Gasteiger charge is -2.31. The van der Waals surface area contributed by atoms with E-state index in [1.807, 2.05) is 13.0 Å². The number of benzene rings is 2. The molecule has 3 N–H and O–H groups in total. The maximum Gasteiger partial charge on any atom is 0.306 e. The number of piperidine rings is 1. The molecule has 7 nitrogen and oxygen atoms in total. The maximum absolute atomic E-state index is 14.1. The van der Waals surface area contributed by atoms with Crippen molar-refractivity contribution in [3.8, 4) is 0 Å². The molecule has 0 radical (unpaired) electrons. The van der Waals surface area contributed by atoms with Gasteiger partial charge in [-0.3, -0.25) is 4.79 Å². The molecule has 0 saturated carbocycles. The number of thioether (sulfide) groups is 1. The average Bonchev–Trinajstić information content (AvgIpc) is 2.82. The van der Waals surface area contributed by atoms with Gasteiger partial charge in [-0.15, -0.1) is 11.8 Å². The Kier molecular flexibility index (Phi) is 9.35. The highest BCUT2D eigenvalue weighted by Gasteiger charge is 2.25. The third-order valence-corrected chi connectivity index (χ3v) is 8.77. The summed E-state index contributed by atoms with van der Waals surface area (Å²) in [5, 5.41) is 12.7. The Hall–Kier alpha value is -2.14. The minimum Gasteiger partial charge on any atom is -0.481 e. The number of anilines is 1. The first-order valence-electron chi connectivity index (χ1n) is 11.3. The fourth-order valence-corrected chi connectivity index (χ4v) is 5.82. The highest BCUT2D eigenvalue weighted by atomic mass is 32.2. The number of sulfonamides is 1. The number of hydrogen-bond acceptors (Lipinski definition) is 6. The van der Waals surface area contributed by atoms with Gasteiger partial charge >= 0.3 is 5.97 Å². The van der Waals surface area contributed by atoms with Gasteiger partial charge in [0.25, 0.3) is 0 Å². The summed E-state index contributed by atoms with van der Waals surface area (Å²) in [6, 6.07) is 11.7. The van der Waals surface area contributed by atoms with Gasteiger partial charge in [-0.05, 0) is 82.2 Å². The molecule has 1 atom stereocenters. The van der Waals surface area contributed by atoms with E-state index in [9.17, 15) is 22.7 Å². The summed E-state index contributed by atoms with van der Waals surface area (Å²) in [4.78, 5) is 14.3. The standard InChI is InChI=1S/C24H32FN3O4S2/c1-17-15-20(34(31,32)26-2)7-8-22(17)27-19(16-33-23-6-4-3-5-21(23)25)11-14-28-12-9-18(10-13-28)24(29)30/h3-8,15,18-19,26-27H,9-14,16H2,1-2H3,(H,29,30)/t19-/m1/s1. The Morgan fingerprint density at radius 1 is 1.24 bits per heavy atom. The smallest absolute Gasteiger partial charge is 0.306 e. The first-order chi connectivity index (χ1) is 16.2. The number of likely N-dealkylation sites (tertiary alicyclic amines) is 1. The fourth-order valence-electron chi connectivity index (χ4n) is 3.99. The van der Waals surface area contributed by atoms with Gasteiger partial charge in [0.15, 0.2) is 0 Å². The van der Waals surface area contributed by atoms with E-state index in [1.54, 1.807) is 30.3 Å². The molecule has 0 aliphatic carbocycles. The molecular formula is C24H32FN3O4S2. The van der Waals surface area contributed by atoms with E-state index in [4.69, 9.17) is 0 Å².